The topological polar surface area (TPSA) is 62.5 Å². The lowest BCUT2D eigenvalue weighted by molar-refractivity contribution is -0.128. The summed E-state index contributed by atoms with van der Waals surface area (Å²) in [5.74, 6) is 2.05. The number of pyridine rings is 1. The van der Waals surface area contributed by atoms with Crippen LogP contribution in [0.3, 0.4) is 0 Å². The second-order valence-electron chi connectivity index (χ2n) is 7.09. The minimum atomic E-state index is 0.0492. The highest BCUT2D eigenvalue weighted by atomic mass is 16.5. The predicted molar refractivity (Wildman–Crippen MR) is 89.5 cm³/mol. The molecule has 0 N–H and O–H groups in total. The van der Waals surface area contributed by atoms with E-state index in [0.29, 0.717) is 13.0 Å². The second kappa shape index (κ2) is 5.61. The highest BCUT2D eigenvalue weighted by Gasteiger charge is 2.47. The van der Waals surface area contributed by atoms with Crippen molar-refractivity contribution in [3.63, 3.8) is 0 Å². The number of likely N-dealkylation sites (tertiary alicyclic amines) is 1. The minimum Gasteiger partial charge on any atom is -0.361 e. The van der Waals surface area contributed by atoms with Crippen LogP contribution in [0.2, 0.25) is 0 Å². The molecule has 4 rings (SSSR count). The molecule has 0 unspecified atom stereocenters. The summed E-state index contributed by atoms with van der Waals surface area (Å²) in [6.45, 7) is 7.10. The summed E-state index contributed by atoms with van der Waals surface area (Å²) >= 11 is 0. The van der Waals surface area contributed by atoms with Crippen molar-refractivity contribution in [2.24, 2.45) is 5.41 Å². The van der Waals surface area contributed by atoms with E-state index in [1.54, 1.807) is 0 Å². The van der Waals surface area contributed by atoms with Gasteiger partial charge in [-0.2, -0.15) is 0 Å². The quantitative estimate of drug-likeness (QED) is 0.866. The lowest BCUT2D eigenvalue weighted by Crippen LogP contribution is -2.31. The molecule has 0 aromatic carbocycles. The van der Waals surface area contributed by atoms with Gasteiger partial charge in [-0.1, -0.05) is 11.2 Å². The Balaban J connectivity index is 1.48. The van der Waals surface area contributed by atoms with E-state index in [9.17, 15) is 4.79 Å². The summed E-state index contributed by atoms with van der Waals surface area (Å²) in [6, 6.07) is 5.98. The van der Waals surface area contributed by atoms with Crippen LogP contribution >= 0.6 is 0 Å². The highest BCUT2D eigenvalue weighted by molar-refractivity contribution is 5.80. The van der Waals surface area contributed by atoms with Crippen LogP contribution in [0.4, 0.5) is 5.82 Å². The predicted octanol–water partition coefficient (Wildman–Crippen LogP) is 2.32. The third kappa shape index (κ3) is 2.56. The molecule has 1 spiro atoms. The zero-order valence-electron chi connectivity index (χ0n) is 14.2. The summed E-state index contributed by atoms with van der Waals surface area (Å²) in [4.78, 5) is 21.3. The number of rotatable bonds is 3. The number of anilines is 1. The van der Waals surface area contributed by atoms with E-state index >= 15 is 0 Å². The van der Waals surface area contributed by atoms with Crippen molar-refractivity contribution in [3.8, 4) is 0 Å². The lowest BCUT2D eigenvalue weighted by atomic mass is 9.86. The molecule has 2 aliphatic rings. The van der Waals surface area contributed by atoms with Gasteiger partial charge in [-0.25, -0.2) is 4.98 Å². The van der Waals surface area contributed by atoms with Crippen LogP contribution in [0.5, 0.6) is 0 Å². The van der Waals surface area contributed by atoms with E-state index < -0.39 is 0 Å². The molecule has 4 heterocycles. The molecule has 0 saturated carbocycles. The molecule has 2 aromatic rings. The van der Waals surface area contributed by atoms with E-state index in [2.05, 4.69) is 15.0 Å². The number of nitrogens with zero attached hydrogens (tertiary/aromatic N) is 4. The van der Waals surface area contributed by atoms with Crippen LogP contribution in [-0.4, -0.2) is 40.6 Å². The summed E-state index contributed by atoms with van der Waals surface area (Å²) in [5, 5.41) is 3.99. The average Bonchev–Trinajstić information content (AvgIpc) is 3.23. The van der Waals surface area contributed by atoms with Crippen molar-refractivity contribution < 1.29 is 9.32 Å². The van der Waals surface area contributed by atoms with Gasteiger partial charge in [-0.3, -0.25) is 4.79 Å². The van der Waals surface area contributed by atoms with Crippen molar-refractivity contribution in [1.29, 1.82) is 0 Å². The van der Waals surface area contributed by atoms with Gasteiger partial charge in [0.1, 0.15) is 11.6 Å². The first-order valence-corrected chi connectivity index (χ1v) is 8.42. The van der Waals surface area contributed by atoms with Crippen molar-refractivity contribution in [1.82, 2.24) is 15.0 Å². The lowest BCUT2D eigenvalue weighted by Gasteiger charge is -2.24. The fraction of sp³-hybridized carbons (Fsp3) is 0.500. The largest absolute Gasteiger partial charge is 0.361 e. The maximum atomic E-state index is 12.6. The van der Waals surface area contributed by atoms with Gasteiger partial charge in [-0.05, 0) is 32.4 Å². The fourth-order valence-corrected chi connectivity index (χ4v) is 3.99. The first-order valence-electron chi connectivity index (χ1n) is 8.42. The third-order valence-electron chi connectivity index (χ3n) is 5.35. The number of aryl methyl sites for hydroxylation is 2. The zero-order valence-corrected chi connectivity index (χ0v) is 14.2. The van der Waals surface area contributed by atoms with Gasteiger partial charge in [0, 0.05) is 43.2 Å². The zero-order chi connectivity index (χ0) is 16.7. The number of aromatic nitrogens is 2. The van der Waals surface area contributed by atoms with Gasteiger partial charge < -0.3 is 14.3 Å². The molecule has 2 aromatic heterocycles. The fourth-order valence-electron chi connectivity index (χ4n) is 3.99. The number of hydrogen-bond acceptors (Lipinski definition) is 5. The molecule has 1 amide bonds. The Morgan fingerprint density at radius 3 is 2.88 bits per heavy atom. The molecule has 2 saturated heterocycles. The first kappa shape index (κ1) is 15.2. The van der Waals surface area contributed by atoms with Crippen LogP contribution in [0.1, 0.15) is 29.9 Å². The molecule has 2 fully saturated rings. The molecule has 126 valence electrons. The van der Waals surface area contributed by atoms with Gasteiger partial charge in [0.15, 0.2) is 0 Å². The normalized spacial score (nSPS) is 23.7. The molecule has 0 bridgehead atoms. The van der Waals surface area contributed by atoms with Crippen LogP contribution < -0.4 is 4.90 Å². The van der Waals surface area contributed by atoms with Crippen LogP contribution in [0, 0.1) is 19.3 Å². The summed E-state index contributed by atoms with van der Waals surface area (Å²) < 4.78 is 5.23. The van der Waals surface area contributed by atoms with Crippen LogP contribution in [0.15, 0.2) is 28.9 Å². The van der Waals surface area contributed by atoms with Gasteiger partial charge in [-0.15, -0.1) is 0 Å². The molecular weight excluding hydrogens is 304 g/mol. The number of amides is 1. The molecule has 6 nitrogen and oxygen atoms in total. The summed E-state index contributed by atoms with van der Waals surface area (Å²) in [6.07, 6.45) is 3.48. The Hall–Kier alpha value is -2.37. The number of hydrogen-bond donors (Lipinski definition) is 0. The maximum Gasteiger partial charge on any atom is 0.223 e. The molecule has 1 atom stereocenters. The van der Waals surface area contributed by atoms with Crippen molar-refractivity contribution in [2.75, 3.05) is 24.5 Å². The molecule has 2 aliphatic heterocycles. The Morgan fingerprint density at radius 1 is 1.29 bits per heavy atom. The van der Waals surface area contributed by atoms with Gasteiger partial charge in [0.05, 0.1) is 12.2 Å². The van der Waals surface area contributed by atoms with Gasteiger partial charge in [0.2, 0.25) is 5.91 Å². The van der Waals surface area contributed by atoms with E-state index in [1.165, 1.54) is 0 Å². The first-order chi connectivity index (χ1) is 11.6. The second-order valence-corrected chi connectivity index (χ2v) is 7.09. The Labute approximate surface area is 141 Å². The Kier molecular flexibility index (Phi) is 3.55. The average molecular weight is 326 g/mol. The van der Waals surface area contributed by atoms with E-state index in [-0.39, 0.29) is 11.3 Å². The van der Waals surface area contributed by atoms with Crippen LogP contribution in [-0.2, 0) is 11.3 Å². The molecule has 24 heavy (non-hydrogen) atoms. The van der Waals surface area contributed by atoms with Crippen molar-refractivity contribution in [3.05, 3.63) is 41.4 Å². The van der Waals surface area contributed by atoms with Crippen LogP contribution in [0.25, 0.3) is 0 Å². The standard InChI is InChI=1S/C18H22N4O2/c1-13-15(14(2)24-20-13)10-22-12-18(9-17(22)23)6-8-21(11-18)16-5-3-4-7-19-16/h3-5,7H,6,8-12H2,1-2H3/t18-/m0/s1. The highest BCUT2D eigenvalue weighted by Crippen LogP contribution is 2.41. The van der Waals surface area contributed by atoms with E-state index in [4.69, 9.17) is 4.52 Å². The van der Waals surface area contributed by atoms with Crippen molar-refractivity contribution >= 4 is 11.7 Å². The van der Waals surface area contributed by atoms with Gasteiger partial charge >= 0.3 is 0 Å². The molecular formula is C18H22N4O2. The van der Waals surface area contributed by atoms with E-state index in [1.807, 2.05) is 43.1 Å². The number of carbonyl (C=O) groups excluding carboxylic acids is 1. The summed E-state index contributed by atoms with van der Waals surface area (Å²) in [5.41, 5.74) is 1.97. The molecule has 0 radical (unpaired) electrons. The van der Waals surface area contributed by atoms with E-state index in [0.717, 1.165) is 48.9 Å². The minimum absolute atomic E-state index is 0.0492. The SMILES string of the molecule is Cc1noc(C)c1CN1C[C@@]2(CCN(c3ccccn3)C2)CC1=O. The van der Waals surface area contributed by atoms with Crippen molar-refractivity contribution in [2.45, 2.75) is 33.2 Å². The molecule has 6 heteroatoms. The Morgan fingerprint density at radius 2 is 2.17 bits per heavy atom. The summed E-state index contributed by atoms with van der Waals surface area (Å²) in [7, 11) is 0. The monoisotopic (exact) mass is 326 g/mol. The maximum absolute atomic E-state index is 12.6. The third-order valence-corrected chi connectivity index (χ3v) is 5.35. The smallest absolute Gasteiger partial charge is 0.223 e. The number of carbonyl (C=O) groups is 1. The molecule has 0 aliphatic carbocycles. The Bertz CT molecular complexity index is 738. The van der Waals surface area contributed by atoms with Gasteiger partial charge in [0.25, 0.3) is 0 Å².